The van der Waals surface area contributed by atoms with Crippen molar-refractivity contribution in [2.75, 3.05) is 19.4 Å². The molecule has 0 aliphatic heterocycles. The first-order valence-corrected chi connectivity index (χ1v) is 10.1. The minimum absolute atomic E-state index is 0.0520. The van der Waals surface area contributed by atoms with Gasteiger partial charge in [-0.25, -0.2) is 4.98 Å². The lowest BCUT2D eigenvalue weighted by Crippen LogP contribution is -2.16. The fraction of sp³-hybridized carbons (Fsp3) is 0.190. The Bertz CT molecular complexity index is 1000. The summed E-state index contributed by atoms with van der Waals surface area (Å²) in [5.41, 5.74) is 1.43. The van der Waals surface area contributed by atoms with Crippen LogP contribution in [-0.2, 0) is 11.2 Å². The predicted molar refractivity (Wildman–Crippen MR) is 115 cm³/mol. The molecule has 3 aromatic rings. The number of oxazole rings is 1. The third-order valence-corrected chi connectivity index (χ3v) is 5.34. The zero-order valence-electron chi connectivity index (χ0n) is 16.0. The summed E-state index contributed by atoms with van der Waals surface area (Å²) < 4.78 is 5.71. The first-order chi connectivity index (χ1) is 13.9. The third kappa shape index (κ3) is 5.85. The van der Waals surface area contributed by atoms with Crippen molar-refractivity contribution in [3.63, 3.8) is 0 Å². The van der Waals surface area contributed by atoms with Crippen LogP contribution in [0, 0.1) is 0 Å². The van der Waals surface area contributed by atoms with Crippen molar-refractivity contribution in [3.8, 4) is 11.3 Å². The van der Waals surface area contributed by atoms with Crippen molar-refractivity contribution < 1.29 is 14.0 Å². The zero-order chi connectivity index (χ0) is 20.8. The molecule has 1 heterocycles. The van der Waals surface area contributed by atoms with Gasteiger partial charge in [-0.1, -0.05) is 23.7 Å². The lowest BCUT2D eigenvalue weighted by molar-refractivity contribution is -0.116. The number of hydrogen-bond donors (Lipinski definition) is 1. The Morgan fingerprint density at radius 3 is 2.55 bits per heavy atom. The molecule has 0 spiro atoms. The van der Waals surface area contributed by atoms with Gasteiger partial charge in [-0.2, -0.15) is 0 Å². The molecule has 0 saturated heterocycles. The smallest absolute Gasteiger partial charge is 0.285 e. The molecule has 8 heteroatoms. The molecule has 3 rings (SSSR count). The van der Waals surface area contributed by atoms with Crippen LogP contribution in [0.25, 0.3) is 11.3 Å². The normalized spacial score (nSPS) is 10.6. The summed E-state index contributed by atoms with van der Waals surface area (Å²) in [7, 11) is 3.41. The zero-order valence-corrected chi connectivity index (χ0v) is 17.6. The van der Waals surface area contributed by atoms with Crippen molar-refractivity contribution >= 4 is 40.2 Å². The molecule has 0 aliphatic rings. The van der Waals surface area contributed by atoms with E-state index in [1.54, 1.807) is 50.6 Å². The topological polar surface area (TPSA) is 75.4 Å². The number of thioether (sulfide) groups is 1. The fourth-order valence-electron chi connectivity index (χ4n) is 2.45. The van der Waals surface area contributed by atoms with Crippen LogP contribution >= 0.6 is 23.4 Å². The van der Waals surface area contributed by atoms with E-state index in [0.717, 1.165) is 22.2 Å². The summed E-state index contributed by atoms with van der Waals surface area (Å²) in [4.78, 5) is 30.5. The summed E-state index contributed by atoms with van der Waals surface area (Å²) in [5, 5.41) is 3.36. The molecule has 1 N–H and O–H groups in total. The molecule has 0 aliphatic carbocycles. The number of carbonyl (C=O) groups excluding carboxylic acids is 2. The monoisotopic (exact) mass is 429 g/mol. The largest absolute Gasteiger partial charge is 0.441 e. The maximum absolute atomic E-state index is 12.2. The molecule has 0 saturated carbocycles. The Labute approximate surface area is 178 Å². The Morgan fingerprint density at radius 1 is 1.14 bits per heavy atom. The minimum Gasteiger partial charge on any atom is -0.441 e. The van der Waals surface area contributed by atoms with E-state index in [1.807, 2.05) is 18.2 Å². The number of nitrogens with one attached hydrogen (secondary N) is 1. The summed E-state index contributed by atoms with van der Waals surface area (Å²) >= 11 is 7.30. The second kappa shape index (κ2) is 9.62. The standard InChI is InChI=1S/C21H20ClN3O3S/c1-25(2)21(27)29-15-9-7-14(8-10-15)24-19(26)11-12-20-23-13-18(28-20)16-5-3-4-6-17(16)22/h3-10,13H,11-12H2,1-2H3,(H,24,26). The highest BCUT2D eigenvalue weighted by molar-refractivity contribution is 8.13. The molecule has 0 radical (unpaired) electrons. The van der Waals surface area contributed by atoms with Gasteiger partial charge in [-0.05, 0) is 48.2 Å². The van der Waals surface area contributed by atoms with Crippen molar-refractivity contribution in [1.82, 2.24) is 9.88 Å². The number of hydrogen-bond acceptors (Lipinski definition) is 5. The van der Waals surface area contributed by atoms with Gasteiger partial charge in [0.25, 0.3) is 5.24 Å². The Kier molecular flexibility index (Phi) is 6.95. The van der Waals surface area contributed by atoms with Gasteiger partial charge >= 0.3 is 0 Å². The molecular formula is C21H20ClN3O3S. The van der Waals surface area contributed by atoms with Gasteiger partial charge in [0, 0.05) is 43.1 Å². The molecule has 2 aromatic carbocycles. The molecule has 0 unspecified atom stereocenters. The van der Waals surface area contributed by atoms with Gasteiger partial charge in [-0.3, -0.25) is 9.59 Å². The lowest BCUT2D eigenvalue weighted by atomic mass is 10.2. The third-order valence-electron chi connectivity index (χ3n) is 3.97. The van der Waals surface area contributed by atoms with Gasteiger partial charge in [-0.15, -0.1) is 0 Å². The number of benzene rings is 2. The maximum Gasteiger partial charge on any atom is 0.285 e. The fourth-order valence-corrected chi connectivity index (χ4v) is 3.34. The minimum atomic E-state index is -0.146. The van der Waals surface area contributed by atoms with Crippen LogP contribution in [0.5, 0.6) is 0 Å². The van der Waals surface area contributed by atoms with E-state index in [2.05, 4.69) is 10.3 Å². The SMILES string of the molecule is CN(C)C(=O)Sc1ccc(NC(=O)CCc2ncc(-c3ccccc3Cl)o2)cc1. The predicted octanol–water partition coefficient (Wildman–Crippen LogP) is 5.34. The van der Waals surface area contributed by atoms with Crippen LogP contribution in [0.2, 0.25) is 5.02 Å². The first kappa shape index (κ1) is 21.0. The van der Waals surface area contributed by atoms with Crippen molar-refractivity contribution in [2.45, 2.75) is 17.7 Å². The number of aromatic nitrogens is 1. The highest BCUT2D eigenvalue weighted by atomic mass is 35.5. The number of nitrogens with zero attached hydrogens (tertiary/aromatic N) is 2. The van der Waals surface area contributed by atoms with Crippen LogP contribution in [0.1, 0.15) is 12.3 Å². The van der Waals surface area contributed by atoms with E-state index < -0.39 is 0 Å². The molecule has 29 heavy (non-hydrogen) atoms. The second-order valence-corrected chi connectivity index (χ2v) is 7.87. The number of aryl methyl sites for hydroxylation is 1. The van der Waals surface area contributed by atoms with Gasteiger partial charge in [0.15, 0.2) is 11.7 Å². The Hall–Kier alpha value is -2.77. The van der Waals surface area contributed by atoms with Gasteiger partial charge in [0.2, 0.25) is 5.91 Å². The van der Waals surface area contributed by atoms with Gasteiger partial charge in [0.1, 0.15) is 0 Å². The molecule has 150 valence electrons. The number of amides is 2. The molecular weight excluding hydrogens is 410 g/mol. The molecule has 0 atom stereocenters. The van der Waals surface area contributed by atoms with Gasteiger partial charge < -0.3 is 14.6 Å². The molecule has 1 aromatic heterocycles. The summed E-state index contributed by atoms with van der Waals surface area (Å²) in [5.74, 6) is 0.905. The van der Waals surface area contributed by atoms with Crippen LogP contribution in [-0.4, -0.2) is 35.1 Å². The summed E-state index contributed by atoms with van der Waals surface area (Å²) in [6.07, 6.45) is 2.22. The molecule has 2 amide bonds. The van der Waals surface area contributed by atoms with Crippen molar-refractivity contribution in [1.29, 1.82) is 0 Å². The summed E-state index contributed by atoms with van der Waals surface area (Å²) in [6, 6.07) is 14.5. The van der Waals surface area contributed by atoms with E-state index in [4.69, 9.17) is 16.0 Å². The Balaban J connectivity index is 1.51. The average Bonchev–Trinajstić information content (AvgIpc) is 3.17. The van der Waals surface area contributed by atoms with E-state index >= 15 is 0 Å². The Morgan fingerprint density at radius 2 is 1.86 bits per heavy atom. The van der Waals surface area contributed by atoms with E-state index in [1.165, 1.54) is 4.90 Å². The van der Waals surface area contributed by atoms with E-state index in [-0.39, 0.29) is 17.6 Å². The van der Waals surface area contributed by atoms with Gasteiger partial charge in [0.05, 0.1) is 11.2 Å². The van der Waals surface area contributed by atoms with Crippen molar-refractivity contribution in [3.05, 3.63) is 65.6 Å². The van der Waals surface area contributed by atoms with Crippen LogP contribution in [0.15, 0.2) is 64.0 Å². The van der Waals surface area contributed by atoms with Crippen LogP contribution in [0.3, 0.4) is 0 Å². The highest BCUT2D eigenvalue weighted by Crippen LogP contribution is 2.28. The summed E-state index contributed by atoms with van der Waals surface area (Å²) in [6.45, 7) is 0. The van der Waals surface area contributed by atoms with E-state index in [0.29, 0.717) is 28.8 Å². The lowest BCUT2D eigenvalue weighted by Gasteiger charge is -2.09. The van der Waals surface area contributed by atoms with Crippen LogP contribution < -0.4 is 5.32 Å². The first-order valence-electron chi connectivity index (χ1n) is 8.91. The maximum atomic E-state index is 12.2. The average molecular weight is 430 g/mol. The number of halogens is 1. The van der Waals surface area contributed by atoms with Crippen LogP contribution in [0.4, 0.5) is 10.5 Å². The van der Waals surface area contributed by atoms with E-state index in [9.17, 15) is 9.59 Å². The number of anilines is 1. The molecule has 0 fully saturated rings. The van der Waals surface area contributed by atoms with Crippen molar-refractivity contribution in [2.24, 2.45) is 0 Å². The quantitative estimate of drug-likeness (QED) is 0.535. The highest BCUT2D eigenvalue weighted by Gasteiger charge is 2.12. The molecule has 0 bridgehead atoms. The second-order valence-electron chi connectivity index (χ2n) is 6.43. The molecule has 6 nitrogen and oxygen atoms in total. The number of rotatable bonds is 6. The number of carbonyl (C=O) groups is 2.